The number of rotatable bonds is 2. The van der Waals surface area contributed by atoms with Crippen LogP contribution in [0.5, 0.6) is 0 Å². The Kier molecular flexibility index (Phi) is 4.05. The number of benzene rings is 1. The molecule has 0 spiro atoms. The van der Waals surface area contributed by atoms with Crippen LogP contribution in [0.15, 0.2) is 24.5 Å². The Hall–Kier alpha value is -1.97. The van der Waals surface area contributed by atoms with E-state index in [1.54, 1.807) is 29.4 Å². The van der Waals surface area contributed by atoms with Crippen molar-refractivity contribution in [2.24, 2.45) is 5.92 Å². The lowest BCUT2D eigenvalue weighted by Gasteiger charge is -2.49. The summed E-state index contributed by atoms with van der Waals surface area (Å²) in [6.45, 7) is 1.39. The topological polar surface area (TPSA) is 107 Å². The predicted octanol–water partition coefficient (Wildman–Crippen LogP) is 0.421. The zero-order valence-corrected chi connectivity index (χ0v) is 15.4. The number of imidazole rings is 1. The third-order valence-corrected chi connectivity index (χ3v) is 6.93. The van der Waals surface area contributed by atoms with Crippen molar-refractivity contribution in [1.82, 2.24) is 19.2 Å². The summed E-state index contributed by atoms with van der Waals surface area (Å²) in [5.74, 6) is -0.389. The van der Waals surface area contributed by atoms with Gasteiger partial charge in [0.15, 0.2) is 0 Å². The Bertz CT molecular complexity index is 957. The molecular weight excluding hydrogens is 356 g/mol. The number of sulfonamides is 1. The molecule has 1 aromatic heterocycles. The maximum absolute atomic E-state index is 12.9. The largest absolute Gasteiger partial charge is 0.389 e. The SMILES string of the molecule is CS(=O)(=O)N1CC[C@@]2(O)CCN(C(=O)c3ccc4nc[nH]c4c3)C[C@H]2C1. The van der Waals surface area contributed by atoms with Crippen LogP contribution < -0.4 is 0 Å². The third kappa shape index (κ3) is 3.00. The lowest BCUT2D eigenvalue weighted by Crippen LogP contribution is -2.61. The van der Waals surface area contributed by atoms with Gasteiger partial charge in [0.05, 0.1) is 29.2 Å². The van der Waals surface area contributed by atoms with Gasteiger partial charge in [-0.25, -0.2) is 17.7 Å². The molecule has 0 bridgehead atoms. The van der Waals surface area contributed by atoms with Gasteiger partial charge >= 0.3 is 0 Å². The monoisotopic (exact) mass is 378 g/mol. The fraction of sp³-hybridized carbons (Fsp3) is 0.529. The van der Waals surface area contributed by atoms with Crippen molar-refractivity contribution < 1.29 is 18.3 Å². The van der Waals surface area contributed by atoms with Crippen LogP contribution in [0.2, 0.25) is 0 Å². The molecule has 2 saturated heterocycles. The Labute approximate surface area is 151 Å². The minimum atomic E-state index is -3.30. The van der Waals surface area contributed by atoms with Crippen LogP contribution in [0.3, 0.4) is 0 Å². The van der Waals surface area contributed by atoms with Gasteiger partial charge < -0.3 is 15.0 Å². The summed E-state index contributed by atoms with van der Waals surface area (Å²) in [6.07, 6.45) is 3.64. The number of hydrogen-bond donors (Lipinski definition) is 2. The molecule has 0 unspecified atom stereocenters. The van der Waals surface area contributed by atoms with Gasteiger partial charge in [-0.3, -0.25) is 4.79 Å². The Morgan fingerprint density at radius 2 is 2.08 bits per heavy atom. The maximum atomic E-state index is 12.9. The fourth-order valence-electron chi connectivity index (χ4n) is 4.01. The summed E-state index contributed by atoms with van der Waals surface area (Å²) >= 11 is 0. The molecule has 2 aliphatic rings. The first-order valence-corrected chi connectivity index (χ1v) is 10.5. The standard InChI is InChI=1S/C17H22N4O4S/c1-26(24,25)21-7-5-17(23)4-6-20(9-13(17)10-21)16(22)12-2-3-14-15(8-12)19-11-18-14/h2-3,8,11,13,23H,4-7,9-10H2,1H3,(H,18,19)/t13-,17-/m0/s1. The fourth-order valence-corrected chi connectivity index (χ4v) is 4.88. The van der Waals surface area contributed by atoms with Crippen molar-refractivity contribution >= 4 is 27.0 Å². The zero-order chi connectivity index (χ0) is 18.5. The van der Waals surface area contributed by atoms with Crippen LogP contribution >= 0.6 is 0 Å². The molecule has 2 atom stereocenters. The number of carbonyl (C=O) groups is 1. The molecule has 2 fully saturated rings. The first-order chi connectivity index (χ1) is 12.3. The van der Waals surface area contributed by atoms with Gasteiger partial charge in [0.25, 0.3) is 5.91 Å². The van der Waals surface area contributed by atoms with Crippen LogP contribution in [-0.4, -0.2) is 76.6 Å². The molecule has 0 saturated carbocycles. The summed E-state index contributed by atoms with van der Waals surface area (Å²) in [5.41, 5.74) is 1.25. The predicted molar refractivity (Wildman–Crippen MR) is 96.1 cm³/mol. The number of aliphatic hydroxyl groups is 1. The molecule has 2 N–H and O–H groups in total. The second-order valence-electron chi connectivity index (χ2n) is 7.31. The second kappa shape index (κ2) is 6.04. The van der Waals surface area contributed by atoms with E-state index >= 15 is 0 Å². The number of hydrogen-bond acceptors (Lipinski definition) is 5. The molecule has 140 valence electrons. The molecule has 0 aliphatic carbocycles. The first-order valence-electron chi connectivity index (χ1n) is 8.66. The normalized spacial score (nSPS) is 27.5. The highest BCUT2D eigenvalue weighted by atomic mass is 32.2. The van der Waals surface area contributed by atoms with Crippen molar-refractivity contribution in [3.63, 3.8) is 0 Å². The van der Waals surface area contributed by atoms with Crippen LogP contribution in [0.25, 0.3) is 11.0 Å². The smallest absolute Gasteiger partial charge is 0.253 e. The molecule has 4 rings (SSSR count). The average Bonchev–Trinajstić information content (AvgIpc) is 3.06. The Morgan fingerprint density at radius 1 is 1.31 bits per heavy atom. The Morgan fingerprint density at radius 3 is 2.85 bits per heavy atom. The number of H-pyrrole nitrogens is 1. The van der Waals surface area contributed by atoms with E-state index in [4.69, 9.17) is 0 Å². The quantitative estimate of drug-likeness (QED) is 0.788. The van der Waals surface area contributed by atoms with Crippen molar-refractivity contribution in [3.8, 4) is 0 Å². The number of aromatic nitrogens is 2. The van der Waals surface area contributed by atoms with Gasteiger partial charge in [0, 0.05) is 37.7 Å². The van der Waals surface area contributed by atoms with Gasteiger partial charge in [-0.15, -0.1) is 0 Å². The molecule has 8 nitrogen and oxygen atoms in total. The lowest BCUT2D eigenvalue weighted by molar-refractivity contribution is -0.0946. The van der Waals surface area contributed by atoms with Crippen molar-refractivity contribution in [3.05, 3.63) is 30.1 Å². The van der Waals surface area contributed by atoms with E-state index in [0.29, 0.717) is 38.0 Å². The molecule has 1 aromatic carbocycles. The highest BCUT2D eigenvalue weighted by molar-refractivity contribution is 7.88. The van der Waals surface area contributed by atoms with Crippen molar-refractivity contribution in [2.75, 3.05) is 32.4 Å². The number of amides is 1. The number of aromatic amines is 1. The van der Waals surface area contributed by atoms with E-state index in [2.05, 4.69) is 9.97 Å². The summed E-state index contributed by atoms with van der Waals surface area (Å²) < 4.78 is 25.1. The van der Waals surface area contributed by atoms with Gasteiger partial charge in [-0.1, -0.05) is 0 Å². The molecule has 0 radical (unpaired) electrons. The van der Waals surface area contributed by atoms with E-state index in [0.717, 1.165) is 11.0 Å². The Balaban J connectivity index is 1.54. The van der Waals surface area contributed by atoms with E-state index < -0.39 is 15.6 Å². The van der Waals surface area contributed by atoms with Gasteiger partial charge in [0.2, 0.25) is 10.0 Å². The van der Waals surface area contributed by atoms with Gasteiger partial charge in [-0.05, 0) is 31.0 Å². The minimum Gasteiger partial charge on any atom is -0.389 e. The minimum absolute atomic E-state index is 0.111. The zero-order valence-electron chi connectivity index (χ0n) is 14.6. The van der Waals surface area contributed by atoms with Gasteiger partial charge in [0.1, 0.15) is 0 Å². The summed E-state index contributed by atoms with van der Waals surface area (Å²) in [7, 11) is -3.30. The first kappa shape index (κ1) is 17.4. The summed E-state index contributed by atoms with van der Waals surface area (Å²) in [4.78, 5) is 21.8. The summed E-state index contributed by atoms with van der Waals surface area (Å²) in [6, 6.07) is 5.32. The maximum Gasteiger partial charge on any atom is 0.253 e. The van der Waals surface area contributed by atoms with E-state index in [1.807, 2.05) is 0 Å². The van der Waals surface area contributed by atoms with Crippen LogP contribution in [-0.2, 0) is 10.0 Å². The molecular formula is C17H22N4O4S. The molecule has 3 heterocycles. The van der Waals surface area contributed by atoms with Crippen LogP contribution in [0, 0.1) is 5.92 Å². The van der Waals surface area contributed by atoms with Crippen LogP contribution in [0.4, 0.5) is 0 Å². The third-order valence-electron chi connectivity index (χ3n) is 5.66. The number of carbonyl (C=O) groups excluding carboxylic acids is 1. The van der Waals surface area contributed by atoms with E-state index in [-0.39, 0.29) is 18.4 Å². The van der Waals surface area contributed by atoms with Crippen LogP contribution in [0.1, 0.15) is 23.2 Å². The van der Waals surface area contributed by atoms with E-state index in [1.165, 1.54) is 10.6 Å². The molecule has 2 aromatic rings. The number of nitrogens with one attached hydrogen (secondary N) is 1. The number of piperidine rings is 2. The molecule has 9 heteroatoms. The summed E-state index contributed by atoms with van der Waals surface area (Å²) in [5, 5.41) is 10.9. The number of nitrogens with zero attached hydrogens (tertiary/aromatic N) is 3. The van der Waals surface area contributed by atoms with Crippen molar-refractivity contribution in [1.29, 1.82) is 0 Å². The molecule has 1 amide bonds. The highest BCUT2D eigenvalue weighted by Crippen LogP contribution is 2.36. The lowest BCUT2D eigenvalue weighted by atomic mass is 9.76. The number of likely N-dealkylation sites (tertiary alicyclic amines) is 1. The second-order valence-corrected chi connectivity index (χ2v) is 9.29. The van der Waals surface area contributed by atoms with Crippen molar-refractivity contribution in [2.45, 2.75) is 18.4 Å². The van der Waals surface area contributed by atoms with E-state index in [9.17, 15) is 18.3 Å². The average molecular weight is 378 g/mol. The molecule has 2 aliphatic heterocycles. The van der Waals surface area contributed by atoms with Gasteiger partial charge in [-0.2, -0.15) is 0 Å². The number of fused-ring (bicyclic) bond motifs is 2. The highest BCUT2D eigenvalue weighted by Gasteiger charge is 2.47. The molecule has 26 heavy (non-hydrogen) atoms.